The molecular weight excluding hydrogens is 222 g/mol. The Morgan fingerprint density at radius 2 is 2.35 bits per heavy atom. The molecule has 1 unspecified atom stereocenters. The van der Waals surface area contributed by atoms with Gasteiger partial charge in [0.2, 0.25) is 11.7 Å². The van der Waals surface area contributed by atoms with E-state index in [1.165, 1.54) is 0 Å². The summed E-state index contributed by atoms with van der Waals surface area (Å²) in [7, 11) is 0. The van der Waals surface area contributed by atoms with E-state index in [0.29, 0.717) is 24.4 Å². The number of carbonyl (C=O) groups excluding carboxylic acids is 1. The number of aromatic nitrogens is 2. The lowest BCUT2D eigenvalue weighted by molar-refractivity contribution is -0.120. The number of nitrogens with one attached hydrogen (secondary N) is 1. The highest BCUT2D eigenvalue weighted by molar-refractivity contribution is 6.07. The van der Waals surface area contributed by atoms with E-state index < -0.39 is 5.41 Å². The predicted molar refractivity (Wildman–Crippen MR) is 56.9 cm³/mol. The number of carbonyl (C=O) groups is 1. The van der Waals surface area contributed by atoms with E-state index in [-0.39, 0.29) is 24.2 Å². The molecule has 17 heavy (non-hydrogen) atoms. The third-order valence-electron chi connectivity index (χ3n) is 3.20. The van der Waals surface area contributed by atoms with Gasteiger partial charge in [-0.15, -0.1) is 0 Å². The minimum atomic E-state index is -0.770. The van der Waals surface area contributed by atoms with E-state index in [2.05, 4.69) is 15.3 Å². The molecule has 1 fully saturated rings. The molecule has 0 radical (unpaired) electrons. The van der Waals surface area contributed by atoms with Crippen molar-refractivity contribution in [2.24, 2.45) is 0 Å². The van der Waals surface area contributed by atoms with E-state index in [4.69, 9.17) is 15.7 Å². The summed E-state index contributed by atoms with van der Waals surface area (Å²) >= 11 is 0. The standard InChI is InChI=1S/C10H9N5O2/c11-3-5-13-7(12)6-8(14-5)15-9(16)10(6)1-2-17-4-10/h1-2,4H2,(H3,12,13,14,15,16). The minimum Gasteiger partial charge on any atom is -0.383 e. The third-order valence-corrected chi connectivity index (χ3v) is 3.20. The maximum Gasteiger partial charge on any atom is 0.238 e. The van der Waals surface area contributed by atoms with Gasteiger partial charge in [0.1, 0.15) is 23.1 Å². The van der Waals surface area contributed by atoms with Gasteiger partial charge in [-0.25, -0.2) is 9.97 Å². The highest BCUT2D eigenvalue weighted by Crippen LogP contribution is 2.44. The first kappa shape index (κ1) is 9.99. The van der Waals surface area contributed by atoms with Crippen molar-refractivity contribution in [2.45, 2.75) is 11.8 Å². The van der Waals surface area contributed by atoms with E-state index in [1.807, 2.05) is 0 Å². The van der Waals surface area contributed by atoms with Gasteiger partial charge in [0.25, 0.3) is 0 Å². The summed E-state index contributed by atoms with van der Waals surface area (Å²) in [5.41, 5.74) is 5.61. The average molecular weight is 231 g/mol. The summed E-state index contributed by atoms with van der Waals surface area (Å²) in [4.78, 5) is 19.8. The van der Waals surface area contributed by atoms with Crippen molar-refractivity contribution in [1.82, 2.24) is 9.97 Å². The van der Waals surface area contributed by atoms with Gasteiger partial charge in [0, 0.05) is 6.61 Å². The van der Waals surface area contributed by atoms with E-state index in [0.717, 1.165) is 0 Å². The van der Waals surface area contributed by atoms with Gasteiger partial charge in [-0.3, -0.25) is 4.79 Å². The predicted octanol–water partition coefficient (Wildman–Crippen LogP) is -0.459. The monoisotopic (exact) mass is 231 g/mol. The van der Waals surface area contributed by atoms with Gasteiger partial charge < -0.3 is 15.8 Å². The topological polar surface area (TPSA) is 114 Å². The highest BCUT2D eigenvalue weighted by Gasteiger charge is 2.52. The van der Waals surface area contributed by atoms with Crippen molar-refractivity contribution in [3.05, 3.63) is 11.4 Å². The number of hydrogen-bond donors (Lipinski definition) is 2. The number of nitriles is 1. The molecule has 7 heteroatoms. The van der Waals surface area contributed by atoms with Crippen molar-refractivity contribution in [1.29, 1.82) is 5.26 Å². The molecule has 1 spiro atoms. The Kier molecular flexibility index (Phi) is 1.85. The molecule has 1 aromatic rings. The molecule has 1 amide bonds. The first-order chi connectivity index (χ1) is 8.17. The van der Waals surface area contributed by atoms with Crippen molar-refractivity contribution < 1.29 is 9.53 Å². The van der Waals surface area contributed by atoms with Crippen LogP contribution in [0, 0.1) is 11.3 Å². The van der Waals surface area contributed by atoms with Gasteiger partial charge in [0.05, 0.1) is 12.2 Å². The van der Waals surface area contributed by atoms with E-state index in [1.54, 1.807) is 6.07 Å². The summed E-state index contributed by atoms with van der Waals surface area (Å²) in [6.07, 6.45) is 0.561. The number of fused-ring (bicyclic) bond motifs is 2. The van der Waals surface area contributed by atoms with Crippen LogP contribution >= 0.6 is 0 Å². The van der Waals surface area contributed by atoms with Crippen LogP contribution in [-0.4, -0.2) is 29.1 Å². The number of hydrogen-bond acceptors (Lipinski definition) is 6. The molecule has 86 valence electrons. The van der Waals surface area contributed by atoms with Gasteiger partial charge in [-0.1, -0.05) is 0 Å². The Morgan fingerprint density at radius 3 is 3.00 bits per heavy atom. The fourth-order valence-electron chi connectivity index (χ4n) is 2.37. The summed E-state index contributed by atoms with van der Waals surface area (Å²) < 4.78 is 5.28. The Balaban J connectivity index is 2.23. The fraction of sp³-hybridized carbons (Fsp3) is 0.400. The molecule has 3 rings (SSSR count). The van der Waals surface area contributed by atoms with E-state index in [9.17, 15) is 4.79 Å². The summed E-state index contributed by atoms with van der Waals surface area (Å²) in [5.74, 6) is 0.290. The van der Waals surface area contributed by atoms with Crippen LogP contribution in [0.4, 0.5) is 11.6 Å². The van der Waals surface area contributed by atoms with Crippen LogP contribution in [0.15, 0.2) is 0 Å². The summed E-state index contributed by atoms with van der Waals surface area (Å²) in [6, 6.07) is 1.81. The lowest BCUT2D eigenvalue weighted by Gasteiger charge is -2.18. The lowest BCUT2D eigenvalue weighted by atomic mass is 9.82. The zero-order valence-electron chi connectivity index (χ0n) is 8.86. The molecule has 0 aromatic carbocycles. The van der Waals surface area contributed by atoms with Gasteiger partial charge in [-0.2, -0.15) is 5.26 Å². The number of rotatable bonds is 0. The molecule has 0 aliphatic carbocycles. The SMILES string of the molecule is N#Cc1nc(N)c2c(n1)NC(=O)C21CCOC1. The Morgan fingerprint density at radius 1 is 1.53 bits per heavy atom. The second-order valence-corrected chi connectivity index (χ2v) is 4.11. The smallest absolute Gasteiger partial charge is 0.238 e. The molecule has 0 bridgehead atoms. The van der Waals surface area contributed by atoms with Crippen LogP contribution in [0.25, 0.3) is 0 Å². The van der Waals surface area contributed by atoms with Gasteiger partial charge in [-0.05, 0) is 6.42 Å². The number of nitrogens with zero attached hydrogens (tertiary/aromatic N) is 3. The zero-order chi connectivity index (χ0) is 12.0. The number of ether oxygens (including phenoxy) is 1. The van der Waals surface area contributed by atoms with Crippen LogP contribution in [0.2, 0.25) is 0 Å². The molecule has 3 heterocycles. The lowest BCUT2D eigenvalue weighted by Crippen LogP contribution is -2.35. The average Bonchev–Trinajstić information content (AvgIpc) is 2.87. The van der Waals surface area contributed by atoms with Crippen LogP contribution in [0.3, 0.4) is 0 Å². The molecule has 1 atom stereocenters. The quantitative estimate of drug-likeness (QED) is 0.624. The second kappa shape index (κ2) is 3.15. The molecular formula is C10H9N5O2. The molecule has 2 aliphatic heterocycles. The molecule has 7 nitrogen and oxygen atoms in total. The highest BCUT2D eigenvalue weighted by atomic mass is 16.5. The molecule has 2 aliphatic rings. The van der Waals surface area contributed by atoms with Crippen molar-refractivity contribution in [3.63, 3.8) is 0 Å². The number of anilines is 2. The van der Waals surface area contributed by atoms with Crippen LogP contribution in [0.1, 0.15) is 17.8 Å². The molecule has 1 saturated heterocycles. The zero-order valence-corrected chi connectivity index (χ0v) is 8.86. The van der Waals surface area contributed by atoms with Gasteiger partial charge in [0.15, 0.2) is 0 Å². The Bertz CT molecular complexity index is 557. The second-order valence-electron chi connectivity index (χ2n) is 4.11. The Hall–Kier alpha value is -2.20. The molecule has 0 saturated carbocycles. The van der Waals surface area contributed by atoms with Crippen molar-refractivity contribution >= 4 is 17.5 Å². The number of amides is 1. The van der Waals surface area contributed by atoms with E-state index >= 15 is 0 Å². The third kappa shape index (κ3) is 1.15. The van der Waals surface area contributed by atoms with Crippen molar-refractivity contribution in [2.75, 3.05) is 24.3 Å². The fourth-order valence-corrected chi connectivity index (χ4v) is 2.37. The largest absolute Gasteiger partial charge is 0.383 e. The summed E-state index contributed by atoms with van der Waals surface area (Å²) in [5, 5.41) is 11.4. The maximum atomic E-state index is 12.0. The number of nitrogens with two attached hydrogens (primary N) is 1. The van der Waals surface area contributed by atoms with Crippen LogP contribution in [0.5, 0.6) is 0 Å². The van der Waals surface area contributed by atoms with Crippen LogP contribution < -0.4 is 11.1 Å². The molecule has 1 aromatic heterocycles. The van der Waals surface area contributed by atoms with Gasteiger partial charge >= 0.3 is 0 Å². The number of nitrogen functional groups attached to an aromatic ring is 1. The first-order valence-electron chi connectivity index (χ1n) is 5.15. The Labute approximate surface area is 96.6 Å². The minimum absolute atomic E-state index is 0.0440. The maximum absolute atomic E-state index is 12.0. The normalized spacial score (nSPS) is 25.7. The van der Waals surface area contributed by atoms with Crippen LogP contribution in [-0.2, 0) is 14.9 Å². The van der Waals surface area contributed by atoms with Crippen molar-refractivity contribution in [3.8, 4) is 6.07 Å². The first-order valence-corrected chi connectivity index (χ1v) is 5.15. The summed E-state index contributed by atoms with van der Waals surface area (Å²) in [6.45, 7) is 0.789. The molecule has 3 N–H and O–H groups in total.